The third-order valence-corrected chi connectivity index (χ3v) is 3.56. The normalized spacial score (nSPS) is 10.0. The molecule has 0 heterocycles. The highest BCUT2D eigenvalue weighted by molar-refractivity contribution is 5.95. The van der Waals surface area contributed by atoms with Gasteiger partial charge in [-0.15, -0.1) is 0 Å². The number of methoxy groups -OCH3 is 3. The molecule has 2 aromatic rings. The molecule has 0 atom stereocenters. The van der Waals surface area contributed by atoms with Gasteiger partial charge in [0.1, 0.15) is 22.8 Å². The van der Waals surface area contributed by atoms with Crippen molar-refractivity contribution >= 4 is 11.9 Å². The van der Waals surface area contributed by atoms with Gasteiger partial charge >= 0.3 is 5.97 Å². The van der Waals surface area contributed by atoms with Crippen LogP contribution < -0.4 is 19.5 Å². The molecule has 2 N–H and O–H groups in total. The Bertz CT molecular complexity index is 765. The summed E-state index contributed by atoms with van der Waals surface area (Å²) in [5.41, 5.74) is 1.06. The van der Waals surface area contributed by atoms with Crippen LogP contribution in [0.1, 0.15) is 26.3 Å². The number of amides is 1. The largest absolute Gasteiger partial charge is 0.497 e. The molecule has 0 radical (unpaired) electrons. The minimum atomic E-state index is -1.09. The van der Waals surface area contributed by atoms with Crippen molar-refractivity contribution in [3.05, 3.63) is 53.1 Å². The second kappa shape index (κ2) is 8.05. The van der Waals surface area contributed by atoms with E-state index in [1.54, 1.807) is 30.3 Å². The lowest BCUT2D eigenvalue weighted by molar-refractivity contribution is 0.0693. The molecule has 0 aromatic heterocycles. The van der Waals surface area contributed by atoms with Gasteiger partial charge < -0.3 is 24.6 Å². The van der Waals surface area contributed by atoms with Gasteiger partial charge in [-0.05, 0) is 29.8 Å². The molecule has 0 aliphatic carbocycles. The number of carbonyl (C=O) groups excluding carboxylic acids is 1. The van der Waals surface area contributed by atoms with Gasteiger partial charge in [0.2, 0.25) is 0 Å². The highest BCUT2D eigenvalue weighted by Gasteiger charge is 2.13. The molecule has 2 rings (SSSR count). The third kappa shape index (κ3) is 4.41. The Morgan fingerprint density at radius 1 is 0.960 bits per heavy atom. The molecule has 7 heteroatoms. The minimum Gasteiger partial charge on any atom is -0.497 e. The number of nitrogens with one attached hydrogen (secondary N) is 1. The van der Waals surface area contributed by atoms with Gasteiger partial charge in [0, 0.05) is 18.2 Å². The van der Waals surface area contributed by atoms with E-state index in [4.69, 9.17) is 14.2 Å². The minimum absolute atomic E-state index is 0.0392. The molecular weight excluding hydrogens is 326 g/mol. The Kier molecular flexibility index (Phi) is 5.84. The van der Waals surface area contributed by atoms with Gasteiger partial charge in [0.05, 0.1) is 21.3 Å². The van der Waals surface area contributed by atoms with Crippen molar-refractivity contribution in [2.24, 2.45) is 0 Å². The number of hydrogen-bond donors (Lipinski definition) is 2. The number of hydrogen-bond acceptors (Lipinski definition) is 5. The van der Waals surface area contributed by atoms with Crippen LogP contribution in [0.2, 0.25) is 0 Å². The first-order valence-electron chi connectivity index (χ1n) is 7.40. The Hall–Kier alpha value is -3.22. The Morgan fingerprint density at radius 3 is 2.12 bits per heavy atom. The number of aromatic carboxylic acids is 1. The molecule has 0 bridgehead atoms. The topological polar surface area (TPSA) is 94.1 Å². The van der Waals surface area contributed by atoms with Crippen molar-refractivity contribution in [3.8, 4) is 17.2 Å². The molecular formula is C18H19NO6. The summed E-state index contributed by atoms with van der Waals surface area (Å²) >= 11 is 0. The van der Waals surface area contributed by atoms with Crippen LogP contribution >= 0.6 is 0 Å². The molecule has 0 aliphatic rings. The van der Waals surface area contributed by atoms with Crippen LogP contribution in [0, 0.1) is 0 Å². The highest BCUT2D eigenvalue weighted by Crippen LogP contribution is 2.23. The average Bonchev–Trinajstić information content (AvgIpc) is 2.65. The fourth-order valence-electron chi connectivity index (χ4n) is 2.26. The van der Waals surface area contributed by atoms with Crippen LogP contribution in [0.5, 0.6) is 17.2 Å². The number of carboxylic acid groups (broad SMARTS) is 1. The van der Waals surface area contributed by atoms with Gasteiger partial charge in [-0.3, -0.25) is 4.79 Å². The van der Waals surface area contributed by atoms with E-state index in [0.717, 1.165) is 0 Å². The highest BCUT2D eigenvalue weighted by atomic mass is 16.5. The van der Waals surface area contributed by atoms with Crippen molar-refractivity contribution in [2.45, 2.75) is 6.54 Å². The molecule has 0 saturated heterocycles. The Labute approximate surface area is 145 Å². The summed E-state index contributed by atoms with van der Waals surface area (Å²) in [6.45, 7) is 0.169. The van der Waals surface area contributed by atoms with Crippen LogP contribution in [0.4, 0.5) is 0 Å². The molecule has 1 amide bonds. The van der Waals surface area contributed by atoms with E-state index in [1.165, 1.54) is 27.4 Å². The summed E-state index contributed by atoms with van der Waals surface area (Å²) in [6.07, 6.45) is 0. The molecule has 132 valence electrons. The van der Waals surface area contributed by atoms with E-state index in [2.05, 4.69) is 5.32 Å². The first-order valence-corrected chi connectivity index (χ1v) is 7.40. The van der Waals surface area contributed by atoms with Crippen molar-refractivity contribution in [1.29, 1.82) is 0 Å². The van der Waals surface area contributed by atoms with Crippen LogP contribution in [0.25, 0.3) is 0 Å². The zero-order valence-corrected chi connectivity index (χ0v) is 14.2. The predicted molar refractivity (Wildman–Crippen MR) is 90.7 cm³/mol. The fourth-order valence-corrected chi connectivity index (χ4v) is 2.26. The molecule has 7 nitrogen and oxygen atoms in total. The number of rotatable bonds is 7. The van der Waals surface area contributed by atoms with E-state index in [1.807, 2.05) is 0 Å². The van der Waals surface area contributed by atoms with E-state index in [9.17, 15) is 14.7 Å². The lowest BCUT2D eigenvalue weighted by atomic mass is 10.1. The molecule has 0 unspecified atom stereocenters. The van der Waals surface area contributed by atoms with Gasteiger partial charge in [-0.1, -0.05) is 6.07 Å². The Morgan fingerprint density at radius 2 is 1.60 bits per heavy atom. The standard InChI is InChI=1S/C18H19NO6/c1-23-13-7-12(8-14(9-13)24-2)17(20)19-10-11-4-5-16(25-3)15(6-11)18(21)22/h4-9H,10H2,1-3H3,(H,19,20)(H,21,22). The molecule has 0 fully saturated rings. The SMILES string of the molecule is COc1cc(OC)cc(C(=O)NCc2ccc(OC)c(C(=O)O)c2)c1. The van der Waals surface area contributed by atoms with Crippen LogP contribution in [0.15, 0.2) is 36.4 Å². The first-order chi connectivity index (χ1) is 12.0. The quantitative estimate of drug-likeness (QED) is 0.800. The summed E-state index contributed by atoms with van der Waals surface area (Å²) < 4.78 is 15.3. The number of carbonyl (C=O) groups is 2. The monoisotopic (exact) mass is 345 g/mol. The number of benzene rings is 2. The smallest absolute Gasteiger partial charge is 0.339 e. The summed E-state index contributed by atoms with van der Waals surface area (Å²) in [5.74, 6) is -0.156. The second-order valence-corrected chi connectivity index (χ2v) is 5.12. The molecule has 0 spiro atoms. The maximum Gasteiger partial charge on any atom is 0.339 e. The number of carboxylic acids is 1. The van der Waals surface area contributed by atoms with Gasteiger partial charge in [-0.25, -0.2) is 4.79 Å². The lowest BCUT2D eigenvalue weighted by Gasteiger charge is -2.11. The zero-order chi connectivity index (χ0) is 18.4. The molecule has 0 aliphatic heterocycles. The van der Waals surface area contributed by atoms with E-state index < -0.39 is 5.97 Å². The average molecular weight is 345 g/mol. The van der Waals surface area contributed by atoms with Crippen molar-refractivity contribution < 1.29 is 28.9 Å². The second-order valence-electron chi connectivity index (χ2n) is 5.12. The van der Waals surface area contributed by atoms with E-state index in [-0.39, 0.29) is 23.8 Å². The first kappa shape index (κ1) is 18.1. The zero-order valence-electron chi connectivity index (χ0n) is 14.2. The van der Waals surface area contributed by atoms with Crippen molar-refractivity contribution in [1.82, 2.24) is 5.32 Å². The fraction of sp³-hybridized carbons (Fsp3) is 0.222. The molecule has 2 aromatic carbocycles. The maximum absolute atomic E-state index is 12.3. The molecule has 0 saturated carbocycles. The van der Waals surface area contributed by atoms with Gasteiger partial charge in [0.15, 0.2) is 0 Å². The van der Waals surface area contributed by atoms with Crippen LogP contribution in [0.3, 0.4) is 0 Å². The van der Waals surface area contributed by atoms with E-state index >= 15 is 0 Å². The lowest BCUT2D eigenvalue weighted by Crippen LogP contribution is -2.23. The van der Waals surface area contributed by atoms with Crippen molar-refractivity contribution in [3.63, 3.8) is 0 Å². The molecule has 25 heavy (non-hydrogen) atoms. The van der Waals surface area contributed by atoms with Gasteiger partial charge in [-0.2, -0.15) is 0 Å². The van der Waals surface area contributed by atoms with Crippen LogP contribution in [-0.2, 0) is 6.54 Å². The van der Waals surface area contributed by atoms with Crippen LogP contribution in [-0.4, -0.2) is 38.3 Å². The Balaban J connectivity index is 2.15. The van der Waals surface area contributed by atoms with Crippen molar-refractivity contribution in [2.75, 3.05) is 21.3 Å². The summed E-state index contributed by atoms with van der Waals surface area (Å²) in [4.78, 5) is 23.6. The summed E-state index contributed by atoms with van der Waals surface area (Å²) in [7, 11) is 4.40. The van der Waals surface area contributed by atoms with E-state index in [0.29, 0.717) is 22.6 Å². The van der Waals surface area contributed by atoms with Gasteiger partial charge in [0.25, 0.3) is 5.91 Å². The summed E-state index contributed by atoms with van der Waals surface area (Å²) in [5, 5.41) is 11.9. The number of ether oxygens (including phenoxy) is 3. The summed E-state index contributed by atoms with van der Waals surface area (Å²) in [6, 6.07) is 9.56. The predicted octanol–water partition coefficient (Wildman–Crippen LogP) is 2.34. The third-order valence-electron chi connectivity index (χ3n) is 3.56. The maximum atomic E-state index is 12.3.